The Hall–Kier alpha value is -1.82. The molecule has 0 heterocycles. The van der Waals surface area contributed by atoms with Crippen molar-refractivity contribution in [3.63, 3.8) is 0 Å². The van der Waals surface area contributed by atoms with Gasteiger partial charge in [0.25, 0.3) is 0 Å². The van der Waals surface area contributed by atoms with Gasteiger partial charge in [-0.2, -0.15) is 0 Å². The van der Waals surface area contributed by atoms with E-state index in [0.717, 1.165) is 0 Å². The van der Waals surface area contributed by atoms with Crippen molar-refractivity contribution >= 4 is 11.1 Å². The molecule has 0 aromatic heterocycles. The van der Waals surface area contributed by atoms with Crippen LogP contribution >= 0.6 is 0 Å². The summed E-state index contributed by atoms with van der Waals surface area (Å²) >= 11 is 0. The Bertz CT molecular complexity index is 781. The van der Waals surface area contributed by atoms with Gasteiger partial charge in [-0.05, 0) is 109 Å². The van der Waals surface area contributed by atoms with Gasteiger partial charge in [0, 0.05) is 0 Å². The van der Waals surface area contributed by atoms with Gasteiger partial charge in [0.05, 0.1) is 0 Å². The summed E-state index contributed by atoms with van der Waals surface area (Å²) in [6.45, 7) is 9.20. The van der Waals surface area contributed by atoms with E-state index in [9.17, 15) is 0 Å². The van der Waals surface area contributed by atoms with Crippen LogP contribution in [0.4, 0.5) is 0 Å². The Morgan fingerprint density at radius 2 is 0.969 bits per heavy atom. The number of hydrogen-bond acceptors (Lipinski definition) is 0. The van der Waals surface area contributed by atoms with Gasteiger partial charge < -0.3 is 0 Å². The molecule has 0 nitrogen and oxygen atoms in total. The largest absolute Gasteiger partial charge is 0.0810 e. The Balaban J connectivity index is 1.90. The van der Waals surface area contributed by atoms with Gasteiger partial charge in [0.15, 0.2) is 0 Å². The highest BCUT2D eigenvalue weighted by Gasteiger charge is 2.22. The lowest BCUT2D eigenvalue weighted by Crippen LogP contribution is -1.91. The maximum atomic E-state index is 2.53. The van der Waals surface area contributed by atoms with Crippen molar-refractivity contribution in [3.05, 3.63) is 69.8 Å². The van der Waals surface area contributed by atoms with E-state index in [0.29, 0.717) is 0 Å². The average Bonchev–Trinajstić information content (AvgIpc) is 3.42. The lowest BCUT2D eigenvalue weighted by Gasteiger charge is -2.12. The monoisotopic (exact) mass is 430 g/mol. The first kappa shape index (κ1) is 24.8. The molecule has 0 heteroatoms. The van der Waals surface area contributed by atoms with E-state index in [1.54, 1.807) is 33.4 Å². The number of unbranched alkanes of at least 4 members (excludes halogenated alkanes) is 4. The molecule has 1 aromatic rings. The van der Waals surface area contributed by atoms with E-state index in [1.807, 2.05) is 0 Å². The molecule has 0 aliphatic heterocycles. The van der Waals surface area contributed by atoms with Crippen molar-refractivity contribution in [2.45, 2.75) is 118 Å². The van der Waals surface area contributed by atoms with Crippen LogP contribution in [0.1, 0.15) is 129 Å². The second-order valence-corrected chi connectivity index (χ2v) is 9.73. The van der Waals surface area contributed by atoms with Crippen molar-refractivity contribution in [1.29, 1.82) is 0 Å². The molecule has 0 spiro atoms. The predicted molar refractivity (Wildman–Crippen MR) is 144 cm³/mol. The Kier molecular flexibility index (Phi) is 10.1. The van der Waals surface area contributed by atoms with Crippen LogP contribution in [-0.4, -0.2) is 0 Å². The van der Waals surface area contributed by atoms with Crippen LogP contribution in [0.5, 0.6) is 0 Å². The van der Waals surface area contributed by atoms with Crippen molar-refractivity contribution in [3.8, 4) is 0 Å². The second-order valence-electron chi connectivity index (χ2n) is 9.73. The minimum absolute atomic E-state index is 1.22. The summed E-state index contributed by atoms with van der Waals surface area (Å²) in [7, 11) is 0. The van der Waals surface area contributed by atoms with Gasteiger partial charge in [0.2, 0.25) is 0 Å². The van der Waals surface area contributed by atoms with Gasteiger partial charge in [-0.25, -0.2) is 0 Å². The van der Waals surface area contributed by atoms with E-state index in [-0.39, 0.29) is 0 Å². The first-order valence-electron chi connectivity index (χ1n) is 13.7. The molecule has 1 aromatic carbocycles. The maximum absolute atomic E-state index is 2.53. The van der Waals surface area contributed by atoms with Gasteiger partial charge >= 0.3 is 0 Å². The highest BCUT2D eigenvalue weighted by Crippen LogP contribution is 2.43. The third-order valence-corrected chi connectivity index (χ3v) is 7.29. The van der Waals surface area contributed by atoms with Crippen LogP contribution in [0.2, 0.25) is 0 Å². The van der Waals surface area contributed by atoms with Crippen LogP contribution < -0.4 is 0 Å². The van der Waals surface area contributed by atoms with E-state index >= 15 is 0 Å². The molecule has 3 rings (SSSR count). The number of allylic oxidation sites excluding steroid dienone is 8. The maximum Gasteiger partial charge on any atom is -0.0221 e. The molecule has 174 valence electrons. The van der Waals surface area contributed by atoms with Gasteiger partial charge in [-0.3, -0.25) is 0 Å². The lowest BCUT2D eigenvalue weighted by atomic mass is 9.93. The van der Waals surface area contributed by atoms with Crippen molar-refractivity contribution in [2.24, 2.45) is 0 Å². The number of rotatable bonds is 12. The van der Waals surface area contributed by atoms with Crippen LogP contribution in [0.3, 0.4) is 0 Å². The summed E-state index contributed by atoms with van der Waals surface area (Å²) in [5.74, 6) is 0. The Morgan fingerprint density at radius 1 is 0.562 bits per heavy atom. The summed E-state index contributed by atoms with van der Waals surface area (Å²) in [5, 5.41) is 0. The molecule has 0 bridgehead atoms. The standard InChI is InChI=1S/C32H46/c1-5-9-13-25-21-23-31(29(25)15-11-7-3)27-17-19-28(20-18-27)32-24-22-26(14-10-6-2)30(32)16-12-8-4/h13-14,17-20H,5-12,15-16,21-24H2,1-4H3/b25-13-,26-14-. The molecular weight excluding hydrogens is 384 g/mol. The van der Waals surface area contributed by atoms with E-state index in [2.05, 4.69) is 64.1 Å². The van der Waals surface area contributed by atoms with Gasteiger partial charge in [-0.15, -0.1) is 0 Å². The van der Waals surface area contributed by atoms with Crippen LogP contribution in [-0.2, 0) is 0 Å². The van der Waals surface area contributed by atoms with Crippen LogP contribution in [0.25, 0.3) is 11.1 Å². The summed E-state index contributed by atoms with van der Waals surface area (Å²) in [6.07, 6.45) is 22.6. The molecule has 0 atom stereocenters. The van der Waals surface area contributed by atoms with Crippen LogP contribution in [0.15, 0.2) is 58.7 Å². The average molecular weight is 431 g/mol. The number of benzene rings is 1. The summed E-state index contributed by atoms with van der Waals surface area (Å²) in [5.41, 5.74) is 12.8. The van der Waals surface area contributed by atoms with Crippen molar-refractivity contribution in [1.82, 2.24) is 0 Å². The molecule has 0 unspecified atom stereocenters. The fourth-order valence-corrected chi connectivity index (χ4v) is 5.44. The lowest BCUT2D eigenvalue weighted by molar-refractivity contribution is 0.791. The van der Waals surface area contributed by atoms with Crippen molar-refractivity contribution in [2.75, 3.05) is 0 Å². The molecule has 32 heavy (non-hydrogen) atoms. The minimum Gasteiger partial charge on any atom is -0.0810 e. The zero-order chi connectivity index (χ0) is 22.8. The first-order chi connectivity index (χ1) is 15.7. The van der Waals surface area contributed by atoms with Gasteiger partial charge in [0.1, 0.15) is 0 Å². The van der Waals surface area contributed by atoms with Gasteiger partial charge in [-0.1, -0.05) is 89.8 Å². The number of hydrogen-bond donors (Lipinski definition) is 0. The summed E-state index contributed by atoms with van der Waals surface area (Å²) < 4.78 is 0. The molecule has 0 saturated carbocycles. The molecule has 0 radical (unpaired) electrons. The van der Waals surface area contributed by atoms with Crippen molar-refractivity contribution < 1.29 is 0 Å². The fraction of sp³-hybridized carbons (Fsp3) is 0.562. The Labute approximate surface area is 198 Å². The highest BCUT2D eigenvalue weighted by atomic mass is 14.3. The zero-order valence-electron chi connectivity index (χ0n) is 21.4. The quantitative estimate of drug-likeness (QED) is 0.309. The summed E-state index contributed by atoms with van der Waals surface area (Å²) in [4.78, 5) is 0. The molecule has 0 amide bonds. The third kappa shape index (κ3) is 6.15. The summed E-state index contributed by atoms with van der Waals surface area (Å²) in [6, 6.07) is 9.71. The van der Waals surface area contributed by atoms with Crippen LogP contribution in [0, 0.1) is 0 Å². The molecule has 0 N–H and O–H groups in total. The third-order valence-electron chi connectivity index (χ3n) is 7.29. The molecular formula is C32H46. The highest BCUT2D eigenvalue weighted by molar-refractivity contribution is 5.80. The molecule has 0 saturated heterocycles. The first-order valence-corrected chi connectivity index (χ1v) is 13.7. The topological polar surface area (TPSA) is 0 Å². The SMILES string of the molecule is CCC/C=C1/CCC(c2ccc(C3=C(CCCC)/C(=C\CCC)CC3)cc2)=C1CCCC. The molecule has 2 aliphatic carbocycles. The molecule has 0 fully saturated rings. The minimum atomic E-state index is 1.22. The smallest absolute Gasteiger partial charge is 0.0221 e. The second kappa shape index (κ2) is 13.0. The fourth-order valence-electron chi connectivity index (χ4n) is 5.44. The normalized spacial score (nSPS) is 19.2. The van der Waals surface area contributed by atoms with E-state index in [4.69, 9.17) is 0 Å². The van der Waals surface area contributed by atoms with E-state index < -0.39 is 0 Å². The van der Waals surface area contributed by atoms with E-state index in [1.165, 1.54) is 101 Å². The molecule has 2 aliphatic rings. The Morgan fingerprint density at radius 3 is 1.31 bits per heavy atom. The zero-order valence-corrected chi connectivity index (χ0v) is 21.4. The predicted octanol–water partition coefficient (Wildman–Crippen LogP) is 10.6.